The van der Waals surface area contributed by atoms with E-state index in [2.05, 4.69) is 26.1 Å². The summed E-state index contributed by atoms with van der Waals surface area (Å²) in [4.78, 5) is 13.9. The minimum Gasteiger partial charge on any atom is -0.339 e. The van der Waals surface area contributed by atoms with Crippen molar-refractivity contribution in [3.05, 3.63) is 0 Å². The van der Waals surface area contributed by atoms with E-state index in [1.54, 1.807) is 0 Å². The fraction of sp³-hybridized carbons (Fsp3) is 0.917. The second kappa shape index (κ2) is 5.50. The third-order valence-electron chi connectivity index (χ3n) is 3.47. The molecule has 88 valence electrons. The molecule has 0 aromatic heterocycles. The van der Waals surface area contributed by atoms with E-state index in [4.69, 9.17) is 0 Å². The molecule has 0 aliphatic carbocycles. The minimum absolute atomic E-state index is 0.329. The van der Waals surface area contributed by atoms with Crippen molar-refractivity contribution in [1.82, 2.24) is 10.2 Å². The Bertz CT molecular complexity index is 216. The zero-order chi connectivity index (χ0) is 11.4. The van der Waals surface area contributed by atoms with Gasteiger partial charge in [0.05, 0.1) is 0 Å². The van der Waals surface area contributed by atoms with Gasteiger partial charge in [0, 0.05) is 25.6 Å². The van der Waals surface area contributed by atoms with Gasteiger partial charge in [0.25, 0.3) is 0 Å². The summed E-state index contributed by atoms with van der Waals surface area (Å²) in [7, 11) is 1.93. The predicted molar refractivity (Wildman–Crippen MR) is 62.7 cm³/mol. The third-order valence-corrected chi connectivity index (χ3v) is 3.47. The standard InChI is InChI=1S/C12H24N2O/c1-9(2)11-5-6-14(12(15)7-11)10(3)8-13-4/h9-11,13H,5-8H2,1-4H3. The molecule has 15 heavy (non-hydrogen) atoms. The van der Waals surface area contributed by atoms with Crippen molar-refractivity contribution < 1.29 is 4.79 Å². The number of piperidine rings is 1. The Morgan fingerprint density at radius 1 is 1.47 bits per heavy atom. The first-order valence-corrected chi connectivity index (χ1v) is 6.00. The molecule has 0 saturated carbocycles. The number of likely N-dealkylation sites (N-methyl/N-ethyl adjacent to an activating group) is 1. The van der Waals surface area contributed by atoms with Gasteiger partial charge in [-0.05, 0) is 32.2 Å². The van der Waals surface area contributed by atoms with Gasteiger partial charge in [-0.15, -0.1) is 0 Å². The monoisotopic (exact) mass is 212 g/mol. The number of likely N-dealkylation sites (tertiary alicyclic amines) is 1. The fourth-order valence-corrected chi connectivity index (χ4v) is 2.31. The number of nitrogens with zero attached hydrogens (tertiary/aromatic N) is 1. The summed E-state index contributed by atoms with van der Waals surface area (Å²) in [5, 5.41) is 3.13. The first kappa shape index (κ1) is 12.5. The Morgan fingerprint density at radius 2 is 2.13 bits per heavy atom. The zero-order valence-corrected chi connectivity index (χ0v) is 10.4. The van der Waals surface area contributed by atoms with Crippen LogP contribution >= 0.6 is 0 Å². The SMILES string of the molecule is CNCC(C)N1CCC(C(C)C)CC1=O. The number of nitrogens with one attached hydrogen (secondary N) is 1. The van der Waals surface area contributed by atoms with Crippen molar-refractivity contribution in [2.24, 2.45) is 11.8 Å². The first-order valence-electron chi connectivity index (χ1n) is 6.00. The van der Waals surface area contributed by atoms with Crippen LogP contribution in [0.2, 0.25) is 0 Å². The van der Waals surface area contributed by atoms with Crippen molar-refractivity contribution >= 4 is 5.91 Å². The van der Waals surface area contributed by atoms with Crippen LogP contribution in [-0.2, 0) is 4.79 Å². The van der Waals surface area contributed by atoms with Crippen LogP contribution in [0.1, 0.15) is 33.6 Å². The summed E-state index contributed by atoms with van der Waals surface area (Å²) in [6, 6.07) is 0.329. The number of amides is 1. The van der Waals surface area contributed by atoms with Gasteiger partial charge in [-0.1, -0.05) is 13.8 Å². The maximum atomic E-state index is 11.9. The van der Waals surface area contributed by atoms with Crippen molar-refractivity contribution in [3.63, 3.8) is 0 Å². The lowest BCUT2D eigenvalue weighted by atomic mass is 9.86. The number of carbonyl (C=O) groups excluding carboxylic acids is 1. The average molecular weight is 212 g/mol. The lowest BCUT2D eigenvalue weighted by Gasteiger charge is -2.37. The minimum atomic E-state index is 0.329. The van der Waals surface area contributed by atoms with Crippen LogP contribution in [0, 0.1) is 11.8 Å². The van der Waals surface area contributed by atoms with Gasteiger partial charge < -0.3 is 10.2 Å². The lowest BCUT2D eigenvalue weighted by Crippen LogP contribution is -2.48. The molecule has 1 aliphatic rings. The van der Waals surface area contributed by atoms with Crippen LogP contribution < -0.4 is 5.32 Å². The topological polar surface area (TPSA) is 32.3 Å². The molecule has 0 bridgehead atoms. The molecule has 1 fully saturated rings. The van der Waals surface area contributed by atoms with E-state index in [-0.39, 0.29) is 0 Å². The molecule has 1 amide bonds. The largest absolute Gasteiger partial charge is 0.339 e. The van der Waals surface area contributed by atoms with Crippen LogP contribution in [-0.4, -0.2) is 37.0 Å². The van der Waals surface area contributed by atoms with Crippen LogP contribution in [0.5, 0.6) is 0 Å². The molecule has 3 heteroatoms. The average Bonchev–Trinajstić information content (AvgIpc) is 2.17. The Hall–Kier alpha value is -0.570. The van der Waals surface area contributed by atoms with E-state index in [0.717, 1.165) is 25.9 Å². The van der Waals surface area contributed by atoms with Crippen LogP contribution in [0.3, 0.4) is 0 Å². The van der Waals surface area contributed by atoms with E-state index < -0.39 is 0 Å². The van der Waals surface area contributed by atoms with E-state index >= 15 is 0 Å². The summed E-state index contributed by atoms with van der Waals surface area (Å²) >= 11 is 0. The summed E-state index contributed by atoms with van der Waals surface area (Å²) < 4.78 is 0. The van der Waals surface area contributed by atoms with Gasteiger partial charge >= 0.3 is 0 Å². The fourth-order valence-electron chi connectivity index (χ4n) is 2.31. The maximum Gasteiger partial charge on any atom is 0.223 e. The van der Waals surface area contributed by atoms with E-state index in [1.165, 1.54) is 0 Å². The molecule has 1 rings (SSSR count). The number of carbonyl (C=O) groups is 1. The molecular weight excluding hydrogens is 188 g/mol. The highest BCUT2D eigenvalue weighted by Gasteiger charge is 2.29. The smallest absolute Gasteiger partial charge is 0.223 e. The summed E-state index contributed by atoms with van der Waals surface area (Å²) in [6.45, 7) is 8.36. The summed E-state index contributed by atoms with van der Waals surface area (Å²) in [5.74, 6) is 1.56. The highest BCUT2D eigenvalue weighted by atomic mass is 16.2. The Kier molecular flexibility index (Phi) is 4.58. The van der Waals surface area contributed by atoms with Crippen molar-refractivity contribution in [2.75, 3.05) is 20.1 Å². The Morgan fingerprint density at radius 3 is 2.60 bits per heavy atom. The molecule has 0 aromatic carbocycles. The van der Waals surface area contributed by atoms with Gasteiger partial charge in [-0.2, -0.15) is 0 Å². The molecule has 1 aliphatic heterocycles. The van der Waals surface area contributed by atoms with Gasteiger partial charge in [-0.3, -0.25) is 4.79 Å². The van der Waals surface area contributed by atoms with Crippen LogP contribution in [0.4, 0.5) is 0 Å². The van der Waals surface area contributed by atoms with E-state index in [1.807, 2.05) is 11.9 Å². The first-order chi connectivity index (χ1) is 7.06. The van der Waals surface area contributed by atoms with Crippen molar-refractivity contribution in [2.45, 2.75) is 39.7 Å². The van der Waals surface area contributed by atoms with Gasteiger partial charge in [0.2, 0.25) is 5.91 Å². The molecular formula is C12H24N2O. The van der Waals surface area contributed by atoms with Crippen LogP contribution in [0.25, 0.3) is 0 Å². The molecule has 2 atom stereocenters. The molecule has 0 spiro atoms. The van der Waals surface area contributed by atoms with E-state index in [0.29, 0.717) is 23.8 Å². The highest BCUT2D eigenvalue weighted by Crippen LogP contribution is 2.26. The molecule has 3 nitrogen and oxygen atoms in total. The second-order valence-electron chi connectivity index (χ2n) is 4.99. The highest BCUT2D eigenvalue weighted by molar-refractivity contribution is 5.77. The van der Waals surface area contributed by atoms with Crippen molar-refractivity contribution in [1.29, 1.82) is 0 Å². The maximum absolute atomic E-state index is 11.9. The molecule has 0 aromatic rings. The number of rotatable bonds is 4. The van der Waals surface area contributed by atoms with Crippen LogP contribution in [0.15, 0.2) is 0 Å². The third kappa shape index (κ3) is 3.20. The van der Waals surface area contributed by atoms with Gasteiger partial charge in [-0.25, -0.2) is 0 Å². The summed E-state index contributed by atoms with van der Waals surface area (Å²) in [6.07, 6.45) is 1.91. The molecule has 0 radical (unpaired) electrons. The normalized spacial score (nSPS) is 24.7. The van der Waals surface area contributed by atoms with E-state index in [9.17, 15) is 4.79 Å². The Balaban J connectivity index is 2.49. The predicted octanol–water partition coefficient (Wildman–Crippen LogP) is 1.49. The lowest BCUT2D eigenvalue weighted by molar-refractivity contribution is -0.137. The number of hydrogen-bond acceptors (Lipinski definition) is 2. The molecule has 1 N–H and O–H groups in total. The second-order valence-corrected chi connectivity index (χ2v) is 4.99. The summed E-state index contributed by atoms with van der Waals surface area (Å²) in [5.41, 5.74) is 0. The Labute approximate surface area is 93.2 Å². The molecule has 1 heterocycles. The van der Waals surface area contributed by atoms with Gasteiger partial charge in [0.15, 0.2) is 0 Å². The van der Waals surface area contributed by atoms with Crippen molar-refractivity contribution in [3.8, 4) is 0 Å². The molecule has 1 saturated heterocycles. The van der Waals surface area contributed by atoms with Gasteiger partial charge in [0.1, 0.15) is 0 Å². The quantitative estimate of drug-likeness (QED) is 0.765. The zero-order valence-electron chi connectivity index (χ0n) is 10.4. The molecule has 2 unspecified atom stereocenters. The number of hydrogen-bond donors (Lipinski definition) is 1.